The maximum Gasteiger partial charge on any atom is 0.241 e. The lowest BCUT2D eigenvalue weighted by molar-refractivity contribution is -0.119. The van der Waals surface area contributed by atoms with Crippen molar-refractivity contribution >= 4 is 33.4 Å². The predicted octanol–water partition coefficient (Wildman–Crippen LogP) is 0.349. The van der Waals surface area contributed by atoms with E-state index >= 15 is 4.39 Å². The Hall–Kier alpha value is -2.87. The second-order valence-corrected chi connectivity index (χ2v) is 10.5. The highest BCUT2D eigenvalue weighted by molar-refractivity contribution is 7.89. The van der Waals surface area contributed by atoms with E-state index in [1.165, 1.54) is 6.07 Å². The van der Waals surface area contributed by atoms with Crippen LogP contribution in [0.25, 0.3) is 0 Å². The fourth-order valence-corrected chi connectivity index (χ4v) is 6.27. The highest BCUT2D eigenvalue weighted by Crippen LogP contribution is 2.34. The number of fused-ring (bicyclic) bond motifs is 2. The summed E-state index contributed by atoms with van der Waals surface area (Å²) >= 11 is 0. The van der Waals surface area contributed by atoms with Crippen LogP contribution in [0.3, 0.4) is 0 Å². The number of halogens is 1. The number of carbonyl (C=O) groups is 1. The molecule has 3 aliphatic rings. The van der Waals surface area contributed by atoms with E-state index in [1.807, 2.05) is 0 Å². The monoisotopic (exact) mass is 490 g/mol. The van der Waals surface area contributed by atoms with Gasteiger partial charge in [0.2, 0.25) is 21.9 Å². The number of amides is 1. The van der Waals surface area contributed by atoms with Crippen LogP contribution < -0.4 is 31.1 Å². The third-order valence-corrected chi connectivity index (χ3v) is 8.19. The SMILES string of the molecule is CNC(=O)CN(c1nc(Nc2ccc3c(c2)S(=O)(=O)NC3)ncc1F)C1CCCC2NNCC21. The zero-order chi connectivity index (χ0) is 23.9. The van der Waals surface area contributed by atoms with Crippen molar-refractivity contribution < 1.29 is 17.6 Å². The summed E-state index contributed by atoms with van der Waals surface area (Å²) in [5.74, 6) is -0.537. The maximum absolute atomic E-state index is 15.0. The third-order valence-electron chi connectivity index (χ3n) is 6.71. The smallest absolute Gasteiger partial charge is 0.241 e. The second-order valence-electron chi connectivity index (χ2n) is 8.73. The molecule has 2 aromatic rings. The maximum atomic E-state index is 15.0. The summed E-state index contributed by atoms with van der Waals surface area (Å²) in [6.45, 7) is 0.923. The Labute approximate surface area is 196 Å². The molecule has 1 saturated carbocycles. The molecular weight excluding hydrogens is 463 g/mol. The summed E-state index contributed by atoms with van der Waals surface area (Å²) in [4.78, 5) is 22.7. The van der Waals surface area contributed by atoms with Gasteiger partial charge in [0.15, 0.2) is 11.6 Å². The first-order chi connectivity index (χ1) is 16.4. The number of nitrogens with one attached hydrogen (secondary N) is 5. The normalized spacial score (nSPS) is 24.8. The summed E-state index contributed by atoms with van der Waals surface area (Å²) in [5.41, 5.74) is 7.60. The molecular formula is C21H27FN8O3S. The van der Waals surface area contributed by atoms with Crippen molar-refractivity contribution in [3.63, 3.8) is 0 Å². The number of carbonyl (C=O) groups excluding carboxylic acids is 1. The van der Waals surface area contributed by atoms with Crippen LogP contribution in [0.1, 0.15) is 24.8 Å². The summed E-state index contributed by atoms with van der Waals surface area (Å²) in [5, 5.41) is 5.59. The highest BCUT2D eigenvalue weighted by Gasteiger charge is 2.41. The number of nitrogens with zero attached hydrogens (tertiary/aromatic N) is 3. The molecule has 1 aromatic heterocycles. The minimum Gasteiger partial charge on any atom is -0.358 e. The topological polar surface area (TPSA) is 140 Å². The van der Waals surface area contributed by atoms with E-state index < -0.39 is 15.8 Å². The quantitative estimate of drug-likeness (QED) is 0.388. The van der Waals surface area contributed by atoms with Crippen molar-refractivity contribution in [3.8, 4) is 0 Å². The van der Waals surface area contributed by atoms with Gasteiger partial charge in [0.05, 0.1) is 17.6 Å². The molecule has 0 bridgehead atoms. The van der Waals surface area contributed by atoms with E-state index in [4.69, 9.17) is 0 Å². The molecule has 3 heterocycles. The lowest BCUT2D eigenvalue weighted by Crippen LogP contribution is -2.52. The largest absolute Gasteiger partial charge is 0.358 e. The molecule has 1 saturated heterocycles. The molecule has 13 heteroatoms. The van der Waals surface area contributed by atoms with Crippen molar-refractivity contribution in [2.75, 3.05) is 30.4 Å². The molecule has 1 amide bonds. The van der Waals surface area contributed by atoms with E-state index in [2.05, 4.69) is 36.2 Å². The molecule has 0 spiro atoms. The van der Waals surface area contributed by atoms with Crippen LogP contribution in [0.4, 0.5) is 21.8 Å². The Kier molecular flexibility index (Phi) is 6.10. The Balaban J connectivity index is 1.46. The van der Waals surface area contributed by atoms with Crippen LogP contribution in [0.2, 0.25) is 0 Å². The summed E-state index contributed by atoms with van der Waals surface area (Å²) in [6, 6.07) is 5.08. The minimum atomic E-state index is -3.54. The van der Waals surface area contributed by atoms with Gasteiger partial charge in [-0.25, -0.2) is 22.5 Å². The number of aromatic nitrogens is 2. The summed E-state index contributed by atoms with van der Waals surface area (Å²) in [7, 11) is -2.00. The second kappa shape index (κ2) is 9.06. The van der Waals surface area contributed by atoms with E-state index in [1.54, 1.807) is 24.1 Å². The number of hydrogen-bond donors (Lipinski definition) is 5. The summed E-state index contributed by atoms with van der Waals surface area (Å²) in [6.07, 6.45) is 3.83. The fraction of sp³-hybridized carbons (Fsp3) is 0.476. The van der Waals surface area contributed by atoms with Gasteiger partial charge in [0, 0.05) is 43.8 Å². The molecule has 3 unspecified atom stereocenters. The number of sulfonamides is 1. The number of anilines is 3. The number of hydrogen-bond acceptors (Lipinski definition) is 9. The first-order valence-electron chi connectivity index (χ1n) is 11.2. The van der Waals surface area contributed by atoms with Crippen molar-refractivity contribution in [2.45, 2.75) is 42.8 Å². The van der Waals surface area contributed by atoms with Crippen LogP contribution in [0.5, 0.6) is 0 Å². The molecule has 34 heavy (non-hydrogen) atoms. The van der Waals surface area contributed by atoms with Gasteiger partial charge in [-0.15, -0.1) is 0 Å². The van der Waals surface area contributed by atoms with Gasteiger partial charge >= 0.3 is 0 Å². The molecule has 5 N–H and O–H groups in total. The first-order valence-corrected chi connectivity index (χ1v) is 12.7. The first kappa shape index (κ1) is 22.9. The molecule has 5 rings (SSSR count). The number of hydrazine groups is 1. The number of likely N-dealkylation sites (N-methyl/N-ethyl adjacent to an activating group) is 1. The lowest BCUT2D eigenvalue weighted by Gasteiger charge is -2.41. The van der Waals surface area contributed by atoms with Crippen molar-refractivity contribution in [3.05, 3.63) is 35.8 Å². The molecule has 182 valence electrons. The van der Waals surface area contributed by atoms with Crippen molar-refractivity contribution in [1.29, 1.82) is 0 Å². The molecule has 2 fully saturated rings. The average Bonchev–Trinajstić information content (AvgIpc) is 3.43. The van der Waals surface area contributed by atoms with Gasteiger partial charge in [-0.05, 0) is 37.0 Å². The van der Waals surface area contributed by atoms with E-state index in [9.17, 15) is 13.2 Å². The molecule has 2 aliphatic heterocycles. The van der Waals surface area contributed by atoms with Crippen LogP contribution in [-0.2, 0) is 21.4 Å². The average molecular weight is 491 g/mol. The summed E-state index contributed by atoms with van der Waals surface area (Å²) < 4.78 is 41.9. The third kappa shape index (κ3) is 4.31. The zero-order valence-corrected chi connectivity index (χ0v) is 19.5. The Morgan fingerprint density at radius 3 is 3.00 bits per heavy atom. The van der Waals surface area contributed by atoms with Gasteiger partial charge in [-0.3, -0.25) is 15.6 Å². The van der Waals surface area contributed by atoms with E-state index in [0.717, 1.165) is 32.0 Å². The van der Waals surface area contributed by atoms with Crippen LogP contribution >= 0.6 is 0 Å². The van der Waals surface area contributed by atoms with Crippen LogP contribution in [-0.4, -0.2) is 56.5 Å². The van der Waals surface area contributed by atoms with Gasteiger partial charge in [0.1, 0.15) is 0 Å². The predicted molar refractivity (Wildman–Crippen MR) is 123 cm³/mol. The molecule has 1 aliphatic carbocycles. The fourth-order valence-electron chi connectivity index (χ4n) is 5.01. The molecule has 3 atom stereocenters. The Bertz CT molecular complexity index is 1210. The highest BCUT2D eigenvalue weighted by atomic mass is 32.2. The molecule has 11 nitrogen and oxygen atoms in total. The van der Waals surface area contributed by atoms with Gasteiger partial charge in [-0.1, -0.05) is 6.07 Å². The van der Waals surface area contributed by atoms with Gasteiger partial charge in [-0.2, -0.15) is 4.98 Å². The number of benzene rings is 1. The van der Waals surface area contributed by atoms with Gasteiger partial charge < -0.3 is 15.5 Å². The standard InChI is InChI=1S/C21H27FN8O3S/c1-23-19(31)11-30(17-4-2-3-16-14(17)9-25-29-16)20-15(22)10-24-21(28-20)27-13-6-5-12-8-26-34(32,33)18(12)7-13/h5-7,10,14,16-17,25-26,29H,2-4,8-9,11H2,1H3,(H,23,31)(H,24,27,28). The number of rotatable bonds is 6. The molecule has 1 aromatic carbocycles. The van der Waals surface area contributed by atoms with Gasteiger partial charge in [0.25, 0.3) is 0 Å². The lowest BCUT2D eigenvalue weighted by atomic mass is 9.80. The Morgan fingerprint density at radius 1 is 1.32 bits per heavy atom. The van der Waals surface area contributed by atoms with Crippen molar-refractivity contribution in [1.82, 2.24) is 30.9 Å². The van der Waals surface area contributed by atoms with Crippen LogP contribution in [0.15, 0.2) is 29.3 Å². The van der Waals surface area contributed by atoms with Crippen LogP contribution in [0, 0.1) is 11.7 Å². The Morgan fingerprint density at radius 2 is 2.18 bits per heavy atom. The molecule has 0 radical (unpaired) electrons. The van der Waals surface area contributed by atoms with E-state index in [0.29, 0.717) is 11.3 Å². The van der Waals surface area contributed by atoms with Crippen molar-refractivity contribution in [2.24, 2.45) is 5.92 Å². The minimum absolute atomic E-state index is 0.0362. The zero-order valence-electron chi connectivity index (χ0n) is 18.6. The van der Waals surface area contributed by atoms with E-state index in [-0.39, 0.29) is 53.7 Å².